The quantitative estimate of drug-likeness (QED) is 0.720. The topological polar surface area (TPSA) is 50.9 Å². The molecule has 84 valence electrons. The maximum absolute atomic E-state index is 5.59. The van der Waals surface area contributed by atoms with Gasteiger partial charge in [0.2, 0.25) is 0 Å². The number of thiazole rings is 1. The summed E-state index contributed by atoms with van der Waals surface area (Å²) in [4.78, 5) is 4.17. The Morgan fingerprint density at radius 1 is 1.06 bits per heavy atom. The summed E-state index contributed by atoms with van der Waals surface area (Å²) in [6.07, 6.45) is 0. The first-order valence-electron chi connectivity index (χ1n) is 5.28. The fraction of sp³-hybridized carbons (Fsp3) is 0. The van der Waals surface area contributed by atoms with E-state index in [0.29, 0.717) is 5.13 Å². The van der Waals surface area contributed by atoms with E-state index in [9.17, 15) is 0 Å². The van der Waals surface area contributed by atoms with Crippen molar-refractivity contribution < 1.29 is 0 Å². The molecule has 0 aliphatic rings. The maximum Gasteiger partial charge on any atom is 0.182 e. The van der Waals surface area contributed by atoms with Crippen LogP contribution < -0.4 is 11.1 Å². The zero-order valence-electron chi connectivity index (χ0n) is 9.05. The highest BCUT2D eigenvalue weighted by molar-refractivity contribution is 7.13. The highest BCUT2D eigenvalue weighted by Gasteiger charge is 2.00. The first kappa shape index (κ1) is 10.1. The molecule has 0 unspecified atom stereocenters. The van der Waals surface area contributed by atoms with Gasteiger partial charge < -0.3 is 11.1 Å². The number of nitrogens with zero attached hydrogens (tertiary/aromatic N) is 1. The molecular formula is C13H11N3S. The van der Waals surface area contributed by atoms with E-state index in [4.69, 9.17) is 5.73 Å². The normalized spacial score (nSPS) is 10.6. The van der Waals surface area contributed by atoms with Gasteiger partial charge in [-0.2, -0.15) is 0 Å². The van der Waals surface area contributed by atoms with Crippen LogP contribution in [0.25, 0.3) is 10.8 Å². The van der Waals surface area contributed by atoms with E-state index in [1.165, 1.54) is 22.1 Å². The van der Waals surface area contributed by atoms with E-state index in [1.807, 2.05) is 23.6 Å². The number of nitrogens with one attached hydrogen (secondary N) is 1. The fourth-order valence-corrected chi connectivity index (χ4v) is 2.26. The predicted molar refractivity (Wildman–Crippen MR) is 73.8 cm³/mol. The lowest BCUT2D eigenvalue weighted by Crippen LogP contribution is -1.91. The van der Waals surface area contributed by atoms with E-state index in [-0.39, 0.29) is 0 Å². The third kappa shape index (κ3) is 2.07. The third-order valence-electron chi connectivity index (χ3n) is 2.54. The molecule has 0 spiro atoms. The van der Waals surface area contributed by atoms with Gasteiger partial charge in [0.15, 0.2) is 5.13 Å². The number of nitrogen functional groups attached to an aromatic ring is 1. The number of anilines is 3. The van der Waals surface area contributed by atoms with Crippen molar-refractivity contribution >= 4 is 38.7 Å². The van der Waals surface area contributed by atoms with Crippen molar-refractivity contribution in [2.24, 2.45) is 0 Å². The van der Waals surface area contributed by atoms with Gasteiger partial charge in [-0.05, 0) is 22.9 Å². The van der Waals surface area contributed by atoms with Crippen molar-refractivity contribution in [3.63, 3.8) is 0 Å². The molecule has 2 aromatic carbocycles. The zero-order chi connectivity index (χ0) is 11.7. The van der Waals surface area contributed by atoms with E-state index in [2.05, 4.69) is 34.6 Å². The lowest BCUT2D eigenvalue weighted by Gasteiger charge is -2.04. The van der Waals surface area contributed by atoms with Crippen molar-refractivity contribution in [2.75, 3.05) is 11.1 Å². The summed E-state index contributed by atoms with van der Waals surface area (Å²) in [5.41, 5.74) is 6.61. The standard InChI is InChI=1S/C13H11N3S/c14-13-16-12(8-17-13)15-11-6-5-9-3-1-2-4-10(9)7-11/h1-8,15H,(H2,14,16). The Bertz CT molecular complexity index is 660. The second-order valence-electron chi connectivity index (χ2n) is 3.76. The maximum atomic E-state index is 5.59. The van der Waals surface area contributed by atoms with Gasteiger partial charge in [0.25, 0.3) is 0 Å². The Balaban J connectivity index is 1.95. The summed E-state index contributed by atoms with van der Waals surface area (Å²) < 4.78 is 0. The molecule has 3 nitrogen and oxygen atoms in total. The predicted octanol–water partition coefficient (Wildman–Crippen LogP) is 3.62. The monoisotopic (exact) mass is 241 g/mol. The molecule has 0 atom stereocenters. The van der Waals surface area contributed by atoms with E-state index in [0.717, 1.165) is 11.5 Å². The van der Waals surface area contributed by atoms with Crippen LogP contribution in [0.1, 0.15) is 0 Å². The molecular weight excluding hydrogens is 230 g/mol. The molecule has 1 aromatic heterocycles. The lowest BCUT2D eigenvalue weighted by atomic mass is 10.1. The van der Waals surface area contributed by atoms with Crippen molar-refractivity contribution in [1.29, 1.82) is 0 Å². The molecule has 3 rings (SSSR count). The van der Waals surface area contributed by atoms with E-state index in [1.54, 1.807) is 0 Å². The lowest BCUT2D eigenvalue weighted by molar-refractivity contribution is 1.39. The Kier molecular flexibility index (Phi) is 2.42. The van der Waals surface area contributed by atoms with Crippen molar-refractivity contribution in [3.05, 3.63) is 47.8 Å². The summed E-state index contributed by atoms with van der Waals surface area (Å²) in [5, 5.41) is 8.16. The fourth-order valence-electron chi connectivity index (χ4n) is 1.76. The van der Waals surface area contributed by atoms with Gasteiger partial charge in [0.05, 0.1) is 0 Å². The molecule has 1 heterocycles. The van der Waals surface area contributed by atoms with Crippen LogP contribution in [0.15, 0.2) is 47.8 Å². The number of aromatic nitrogens is 1. The second-order valence-corrected chi connectivity index (χ2v) is 4.65. The molecule has 0 aliphatic heterocycles. The minimum atomic E-state index is 0.577. The zero-order valence-corrected chi connectivity index (χ0v) is 9.87. The molecule has 0 fully saturated rings. The molecule has 3 N–H and O–H groups in total. The van der Waals surface area contributed by atoms with Crippen LogP contribution in [0.5, 0.6) is 0 Å². The smallest absolute Gasteiger partial charge is 0.182 e. The average Bonchev–Trinajstić information content (AvgIpc) is 2.75. The Morgan fingerprint density at radius 3 is 2.65 bits per heavy atom. The number of benzene rings is 2. The number of hydrogen-bond acceptors (Lipinski definition) is 4. The molecule has 0 aliphatic carbocycles. The van der Waals surface area contributed by atoms with E-state index >= 15 is 0 Å². The SMILES string of the molecule is Nc1nc(Nc2ccc3ccccc3c2)cs1. The van der Waals surface area contributed by atoms with Crippen molar-refractivity contribution in [2.45, 2.75) is 0 Å². The average molecular weight is 241 g/mol. The van der Waals surface area contributed by atoms with Crippen molar-refractivity contribution in [1.82, 2.24) is 4.98 Å². The van der Waals surface area contributed by atoms with Gasteiger partial charge in [0.1, 0.15) is 5.82 Å². The molecule has 17 heavy (non-hydrogen) atoms. The third-order valence-corrected chi connectivity index (χ3v) is 3.22. The minimum absolute atomic E-state index is 0.577. The van der Waals surface area contributed by atoms with Gasteiger partial charge in [-0.15, -0.1) is 11.3 Å². The number of rotatable bonds is 2. The molecule has 0 saturated carbocycles. The largest absolute Gasteiger partial charge is 0.375 e. The Labute approximate surface area is 103 Å². The number of hydrogen-bond donors (Lipinski definition) is 2. The van der Waals surface area contributed by atoms with Crippen LogP contribution >= 0.6 is 11.3 Å². The Hall–Kier alpha value is -2.07. The van der Waals surface area contributed by atoms with Gasteiger partial charge in [0, 0.05) is 11.1 Å². The molecule has 0 saturated heterocycles. The first-order chi connectivity index (χ1) is 8.31. The highest BCUT2D eigenvalue weighted by atomic mass is 32.1. The van der Waals surface area contributed by atoms with Gasteiger partial charge in [-0.1, -0.05) is 30.3 Å². The molecule has 0 bridgehead atoms. The van der Waals surface area contributed by atoms with Crippen LogP contribution in [0.3, 0.4) is 0 Å². The molecule has 4 heteroatoms. The van der Waals surface area contributed by atoms with Crippen LogP contribution in [0.4, 0.5) is 16.6 Å². The molecule has 3 aromatic rings. The second kappa shape index (κ2) is 4.07. The number of fused-ring (bicyclic) bond motifs is 1. The summed E-state index contributed by atoms with van der Waals surface area (Å²) >= 11 is 1.43. The number of nitrogens with two attached hydrogens (primary N) is 1. The van der Waals surface area contributed by atoms with Gasteiger partial charge in [-0.25, -0.2) is 4.98 Å². The van der Waals surface area contributed by atoms with E-state index < -0.39 is 0 Å². The van der Waals surface area contributed by atoms with Crippen LogP contribution in [0.2, 0.25) is 0 Å². The molecule has 0 radical (unpaired) electrons. The van der Waals surface area contributed by atoms with Crippen LogP contribution in [0, 0.1) is 0 Å². The summed E-state index contributed by atoms with van der Waals surface area (Å²) in [7, 11) is 0. The van der Waals surface area contributed by atoms with Gasteiger partial charge in [-0.3, -0.25) is 0 Å². The summed E-state index contributed by atoms with van der Waals surface area (Å²) in [6.45, 7) is 0. The van der Waals surface area contributed by atoms with Crippen LogP contribution in [-0.2, 0) is 0 Å². The summed E-state index contributed by atoms with van der Waals surface area (Å²) in [6, 6.07) is 14.5. The van der Waals surface area contributed by atoms with Crippen LogP contribution in [-0.4, -0.2) is 4.98 Å². The highest BCUT2D eigenvalue weighted by Crippen LogP contribution is 2.23. The van der Waals surface area contributed by atoms with Crippen molar-refractivity contribution in [3.8, 4) is 0 Å². The minimum Gasteiger partial charge on any atom is -0.375 e. The summed E-state index contributed by atoms with van der Waals surface area (Å²) in [5.74, 6) is 0.794. The van der Waals surface area contributed by atoms with Gasteiger partial charge >= 0.3 is 0 Å². The Morgan fingerprint density at radius 2 is 1.88 bits per heavy atom. The molecule has 0 amide bonds. The first-order valence-corrected chi connectivity index (χ1v) is 6.16.